The normalized spacial score (nSPS) is 11.1. The Morgan fingerprint density at radius 3 is 2.43 bits per heavy atom. The largest absolute Gasteiger partial charge is 0.288 e. The first-order chi connectivity index (χ1) is 6.58. The van der Waals surface area contributed by atoms with Crippen molar-refractivity contribution in [3.8, 4) is 0 Å². The maximum absolute atomic E-state index is 9.96. The van der Waals surface area contributed by atoms with E-state index in [9.17, 15) is 5.21 Å². The van der Waals surface area contributed by atoms with Crippen molar-refractivity contribution in [2.45, 2.75) is 25.8 Å². The summed E-state index contributed by atoms with van der Waals surface area (Å²) in [5, 5.41) is 11.3. The molecule has 0 saturated heterocycles. The number of para-hydroxylation sites is 1. The smallest absolute Gasteiger partial charge is 0.0649 e. The predicted octanol–water partition coefficient (Wildman–Crippen LogP) is 3.24. The first-order valence-corrected chi connectivity index (χ1v) is 4.73. The third-order valence-electron chi connectivity index (χ3n) is 2.22. The molecule has 1 aromatic rings. The van der Waals surface area contributed by atoms with Crippen molar-refractivity contribution in [2.75, 3.05) is 5.06 Å². The molecule has 1 aromatic carbocycles. The lowest BCUT2D eigenvalue weighted by molar-refractivity contribution is 0.171. The van der Waals surface area contributed by atoms with Gasteiger partial charge in [0, 0.05) is 0 Å². The number of hydrogen-bond acceptors (Lipinski definition) is 2. The Labute approximate surface area is 85.4 Å². The highest BCUT2D eigenvalue weighted by atomic mass is 16.5. The van der Waals surface area contributed by atoms with E-state index in [1.807, 2.05) is 50.3 Å². The Bertz CT molecular complexity index is 292. The molecule has 2 nitrogen and oxygen atoms in total. The van der Waals surface area contributed by atoms with Crippen molar-refractivity contribution < 1.29 is 5.21 Å². The van der Waals surface area contributed by atoms with Crippen LogP contribution in [0.4, 0.5) is 5.69 Å². The molecule has 0 amide bonds. The number of hydrogen-bond donors (Lipinski definition) is 1. The van der Waals surface area contributed by atoms with Gasteiger partial charge in [0.1, 0.15) is 0 Å². The van der Waals surface area contributed by atoms with Gasteiger partial charge in [-0.2, -0.15) is 0 Å². The van der Waals surface area contributed by atoms with Gasteiger partial charge in [-0.3, -0.25) is 10.3 Å². The van der Waals surface area contributed by atoms with E-state index < -0.39 is 0 Å². The van der Waals surface area contributed by atoms with Crippen LogP contribution in [0.3, 0.4) is 0 Å². The number of anilines is 1. The van der Waals surface area contributed by atoms with Gasteiger partial charge >= 0.3 is 0 Å². The second kappa shape index (κ2) is 4.29. The molecule has 0 heterocycles. The minimum atomic E-state index is -0.316. The van der Waals surface area contributed by atoms with Gasteiger partial charge in [0.25, 0.3) is 0 Å². The van der Waals surface area contributed by atoms with Crippen LogP contribution in [0, 0.1) is 0 Å². The van der Waals surface area contributed by atoms with Gasteiger partial charge in [-0.1, -0.05) is 24.3 Å². The van der Waals surface area contributed by atoms with E-state index in [1.165, 1.54) is 5.06 Å². The Hall–Kier alpha value is -1.28. The highest BCUT2D eigenvalue weighted by molar-refractivity contribution is 5.45. The third kappa shape index (κ3) is 2.36. The molecule has 1 rings (SSSR count). The van der Waals surface area contributed by atoms with E-state index in [0.717, 1.165) is 12.1 Å². The topological polar surface area (TPSA) is 23.5 Å². The molecule has 0 radical (unpaired) electrons. The first kappa shape index (κ1) is 10.8. The first-order valence-electron chi connectivity index (χ1n) is 4.73. The van der Waals surface area contributed by atoms with Gasteiger partial charge in [-0.25, -0.2) is 0 Å². The molecule has 1 N–H and O–H groups in total. The van der Waals surface area contributed by atoms with E-state index in [2.05, 4.69) is 6.58 Å². The second-order valence-electron chi connectivity index (χ2n) is 3.95. The average Bonchev–Trinajstić information content (AvgIpc) is 2.18. The molecule has 0 saturated carbocycles. The molecule has 0 atom stereocenters. The van der Waals surface area contributed by atoms with E-state index in [-0.39, 0.29) is 5.54 Å². The van der Waals surface area contributed by atoms with Gasteiger partial charge in [0.15, 0.2) is 0 Å². The van der Waals surface area contributed by atoms with Crippen molar-refractivity contribution in [2.24, 2.45) is 0 Å². The predicted molar refractivity (Wildman–Crippen MR) is 59.6 cm³/mol. The van der Waals surface area contributed by atoms with Crippen LogP contribution in [0.1, 0.15) is 20.3 Å². The lowest BCUT2D eigenvalue weighted by Gasteiger charge is -2.34. The summed E-state index contributed by atoms with van der Waals surface area (Å²) in [5.41, 5.74) is 0.489. The molecule has 0 aliphatic rings. The van der Waals surface area contributed by atoms with Crippen LogP contribution >= 0.6 is 0 Å². The second-order valence-corrected chi connectivity index (χ2v) is 3.95. The summed E-state index contributed by atoms with van der Waals surface area (Å²) in [6.07, 6.45) is 2.55. The molecular formula is C12H17NO. The zero-order valence-corrected chi connectivity index (χ0v) is 8.77. The summed E-state index contributed by atoms with van der Waals surface area (Å²) in [4.78, 5) is 0. The quantitative estimate of drug-likeness (QED) is 0.583. The Kier molecular flexibility index (Phi) is 3.31. The summed E-state index contributed by atoms with van der Waals surface area (Å²) >= 11 is 0. The van der Waals surface area contributed by atoms with E-state index >= 15 is 0 Å². The molecule has 2 heteroatoms. The van der Waals surface area contributed by atoms with Gasteiger partial charge in [0.2, 0.25) is 0 Å². The molecule has 0 aliphatic carbocycles. The Morgan fingerprint density at radius 2 is 1.93 bits per heavy atom. The van der Waals surface area contributed by atoms with E-state index in [4.69, 9.17) is 0 Å². The number of benzene rings is 1. The van der Waals surface area contributed by atoms with Gasteiger partial charge in [-0.15, -0.1) is 6.58 Å². The summed E-state index contributed by atoms with van der Waals surface area (Å²) < 4.78 is 0. The monoisotopic (exact) mass is 191 g/mol. The summed E-state index contributed by atoms with van der Waals surface area (Å²) in [5.74, 6) is 0. The van der Waals surface area contributed by atoms with Gasteiger partial charge in [-0.05, 0) is 32.4 Å². The SMILES string of the molecule is C=CCC(C)(C)N(O)c1ccccc1. The summed E-state index contributed by atoms with van der Waals surface area (Å²) in [6, 6.07) is 9.50. The number of nitrogens with zero attached hydrogens (tertiary/aromatic N) is 1. The fourth-order valence-corrected chi connectivity index (χ4v) is 1.36. The molecule has 0 aromatic heterocycles. The fraction of sp³-hybridized carbons (Fsp3) is 0.333. The molecular weight excluding hydrogens is 174 g/mol. The van der Waals surface area contributed by atoms with Gasteiger partial charge < -0.3 is 0 Å². The maximum Gasteiger partial charge on any atom is 0.0649 e. The van der Waals surface area contributed by atoms with Crippen molar-refractivity contribution >= 4 is 5.69 Å². The average molecular weight is 191 g/mol. The van der Waals surface area contributed by atoms with E-state index in [0.29, 0.717) is 0 Å². The van der Waals surface area contributed by atoms with Gasteiger partial charge in [0.05, 0.1) is 11.2 Å². The van der Waals surface area contributed by atoms with Crippen molar-refractivity contribution in [3.63, 3.8) is 0 Å². The third-order valence-corrected chi connectivity index (χ3v) is 2.22. The summed E-state index contributed by atoms with van der Waals surface area (Å²) in [6.45, 7) is 7.63. The maximum atomic E-state index is 9.96. The van der Waals surface area contributed by atoms with Crippen LogP contribution < -0.4 is 5.06 Å². The van der Waals surface area contributed by atoms with Crippen molar-refractivity contribution in [3.05, 3.63) is 43.0 Å². The summed E-state index contributed by atoms with van der Waals surface area (Å²) in [7, 11) is 0. The van der Waals surface area contributed by atoms with E-state index in [1.54, 1.807) is 0 Å². The molecule has 0 unspecified atom stereocenters. The highest BCUT2D eigenvalue weighted by Gasteiger charge is 2.24. The molecule has 0 aliphatic heterocycles. The molecule has 0 bridgehead atoms. The highest BCUT2D eigenvalue weighted by Crippen LogP contribution is 2.24. The number of hydroxylamine groups is 1. The molecule has 0 fully saturated rings. The Morgan fingerprint density at radius 1 is 1.36 bits per heavy atom. The fourth-order valence-electron chi connectivity index (χ4n) is 1.36. The van der Waals surface area contributed by atoms with Crippen LogP contribution in [0.25, 0.3) is 0 Å². The molecule has 14 heavy (non-hydrogen) atoms. The lowest BCUT2D eigenvalue weighted by Crippen LogP contribution is -2.41. The Balaban J connectivity index is 2.84. The zero-order chi connectivity index (χ0) is 10.6. The van der Waals surface area contributed by atoms with Crippen LogP contribution in [0.2, 0.25) is 0 Å². The molecule has 76 valence electrons. The van der Waals surface area contributed by atoms with Crippen molar-refractivity contribution in [1.82, 2.24) is 0 Å². The van der Waals surface area contributed by atoms with Crippen molar-refractivity contribution in [1.29, 1.82) is 0 Å². The van der Waals surface area contributed by atoms with Crippen LogP contribution in [0.15, 0.2) is 43.0 Å². The molecule has 0 spiro atoms. The number of rotatable bonds is 4. The standard InChI is InChI=1S/C12H17NO/c1-4-10-12(2,3)13(14)11-8-6-5-7-9-11/h4-9,14H,1,10H2,2-3H3. The van der Waals surface area contributed by atoms with Crippen LogP contribution in [-0.2, 0) is 0 Å². The minimum Gasteiger partial charge on any atom is -0.288 e. The zero-order valence-electron chi connectivity index (χ0n) is 8.77. The van der Waals surface area contributed by atoms with Crippen LogP contribution in [0.5, 0.6) is 0 Å². The lowest BCUT2D eigenvalue weighted by atomic mass is 10.00. The minimum absolute atomic E-state index is 0.316. The van der Waals surface area contributed by atoms with Crippen LogP contribution in [-0.4, -0.2) is 10.7 Å².